The molecule has 21 heavy (non-hydrogen) atoms. The van der Waals surface area contributed by atoms with Crippen LogP contribution in [0.1, 0.15) is 38.7 Å². The van der Waals surface area contributed by atoms with Crippen molar-refractivity contribution < 1.29 is 14.7 Å². The number of carbonyl (C=O) groups is 2. The molecule has 1 aliphatic heterocycles. The third-order valence-corrected chi connectivity index (χ3v) is 3.77. The summed E-state index contributed by atoms with van der Waals surface area (Å²) < 4.78 is 0. The lowest BCUT2D eigenvalue weighted by atomic mass is 10.1. The average Bonchev–Trinajstić information content (AvgIpc) is 2.51. The van der Waals surface area contributed by atoms with Gasteiger partial charge < -0.3 is 15.3 Å². The molecule has 1 aromatic carbocycles. The molecule has 2 amide bonds. The molecule has 2 unspecified atom stereocenters. The van der Waals surface area contributed by atoms with Crippen LogP contribution in [-0.4, -0.2) is 33.9 Å². The Labute approximate surface area is 125 Å². The first kappa shape index (κ1) is 15.4. The van der Waals surface area contributed by atoms with Crippen molar-refractivity contribution in [2.45, 2.75) is 51.7 Å². The van der Waals surface area contributed by atoms with Gasteiger partial charge in [-0.15, -0.1) is 0 Å². The molecule has 0 aliphatic carbocycles. The molecule has 5 nitrogen and oxygen atoms in total. The molecule has 1 fully saturated rings. The van der Waals surface area contributed by atoms with Crippen molar-refractivity contribution in [3.05, 3.63) is 29.8 Å². The number of rotatable bonds is 4. The second kappa shape index (κ2) is 6.61. The molecule has 1 aliphatic rings. The molecule has 0 bridgehead atoms. The standard InChI is InChI=1S/C16H22N2O3/c1-3-5-14-16(21)18(11(2)8-15(20)17-14)10-12-6-4-7-13(19)9-12/h4,6-7,9,11,14,19H,3,5,8,10H2,1-2H3,(H,17,20). The van der Waals surface area contributed by atoms with Crippen LogP contribution in [-0.2, 0) is 16.1 Å². The number of phenolic OH excluding ortho intramolecular Hbond substituents is 1. The van der Waals surface area contributed by atoms with Crippen molar-refractivity contribution in [3.8, 4) is 5.75 Å². The van der Waals surface area contributed by atoms with Gasteiger partial charge in [0.15, 0.2) is 0 Å². The lowest BCUT2D eigenvalue weighted by Gasteiger charge is -2.28. The molecule has 0 spiro atoms. The van der Waals surface area contributed by atoms with Crippen LogP contribution in [0, 0.1) is 0 Å². The van der Waals surface area contributed by atoms with Gasteiger partial charge in [-0.25, -0.2) is 0 Å². The molecule has 1 heterocycles. The van der Waals surface area contributed by atoms with Crippen molar-refractivity contribution in [1.82, 2.24) is 10.2 Å². The van der Waals surface area contributed by atoms with Gasteiger partial charge in [-0.2, -0.15) is 0 Å². The fourth-order valence-electron chi connectivity index (χ4n) is 2.68. The Morgan fingerprint density at radius 1 is 1.38 bits per heavy atom. The summed E-state index contributed by atoms with van der Waals surface area (Å²) >= 11 is 0. The number of benzene rings is 1. The van der Waals surface area contributed by atoms with E-state index in [2.05, 4.69) is 5.32 Å². The van der Waals surface area contributed by atoms with Crippen molar-refractivity contribution in [2.24, 2.45) is 0 Å². The van der Waals surface area contributed by atoms with Crippen LogP contribution in [0.4, 0.5) is 0 Å². The number of phenols is 1. The van der Waals surface area contributed by atoms with Crippen molar-refractivity contribution in [2.75, 3.05) is 0 Å². The molecule has 1 aromatic rings. The van der Waals surface area contributed by atoms with E-state index in [9.17, 15) is 14.7 Å². The van der Waals surface area contributed by atoms with Crippen LogP contribution in [0.25, 0.3) is 0 Å². The summed E-state index contributed by atoms with van der Waals surface area (Å²) in [7, 11) is 0. The number of hydrogen-bond donors (Lipinski definition) is 2. The minimum absolute atomic E-state index is 0.0430. The molecular weight excluding hydrogens is 268 g/mol. The number of hydrogen-bond acceptors (Lipinski definition) is 3. The minimum atomic E-state index is -0.440. The van der Waals surface area contributed by atoms with Gasteiger partial charge in [-0.1, -0.05) is 25.5 Å². The number of aromatic hydroxyl groups is 1. The molecule has 114 valence electrons. The highest BCUT2D eigenvalue weighted by molar-refractivity contribution is 5.90. The molecule has 0 radical (unpaired) electrons. The van der Waals surface area contributed by atoms with E-state index in [4.69, 9.17) is 0 Å². The fourth-order valence-corrected chi connectivity index (χ4v) is 2.68. The van der Waals surface area contributed by atoms with Crippen LogP contribution in [0.5, 0.6) is 5.75 Å². The Morgan fingerprint density at radius 3 is 2.81 bits per heavy atom. The molecule has 2 atom stereocenters. The van der Waals surface area contributed by atoms with Crippen molar-refractivity contribution >= 4 is 11.8 Å². The highest BCUT2D eigenvalue weighted by Crippen LogP contribution is 2.19. The quantitative estimate of drug-likeness (QED) is 0.888. The first-order valence-corrected chi connectivity index (χ1v) is 7.39. The summed E-state index contributed by atoms with van der Waals surface area (Å²) in [5.41, 5.74) is 0.861. The second-order valence-electron chi connectivity index (χ2n) is 5.60. The molecule has 0 aromatic heterocycles. The molecule has 1 saturated heterocycles. The van der Waals surface area contributed by atoms with E-state index in [0.29, 0.717) is 19.4 Å². The van der Waals surface area contributed by atoms with Gasteiger partial charge >= 0.3 is 0 Å². The molecular formula is C16H22N2O3. The largest absolute Gasteiger partial charge is 0.508 e. The Balaban J connectivity index is 2.21. The van der Waals surface area contributed by atoms with E-state index in [1.54, 1.807) is 23.1 Å². The highest BCUT2D eigenvalue weighted by atomic mass is 16.3. The zero-order valence-electron chi connectivity index (χ0n) is 12.5. The SMILES string of the molecule is CCCC1NC(=O)CC(C)N(Cc2cccc(O)c2)C1=O. The Kier molecular flexibility index (Phi) is 4.83. The van der Waals surface area contributed by atoms with Gasteiger partial charge in [0.05, 0.1) is 0 Å². The maximum Gasteiger partial charge on any atom is 0.245 e. The summed E-state index contributed by atoms with van der Waals surface area (Å²) in [6.45, 7) is 4.28. The van der Waals surface area contributed by atoms with E-state index in [1.165, 1.54) is 0 Å². The lowest BCUT2D eigenvalue weighted by molar-refractivity contribution is -0.135. The smallest absolute Gasteiger partial charge is 0.245 e. The summed E-state index contributed by atoms with van der Waals surface area (Å²) in [6, 6.07) is 6.28. The third kappa shape index (κ3) is 3.74. The Morgan fingerprint density at radius 2 is 2.14 bits per heavy atom. The van der Waals surface area contributed by atoms with Gasteiger partial charge in [0.25, 0.3) is 0 Å². The van der Waals surface area contributed by atoms with Gasteiger partial charge in [-0.05, 0) is 31.0 Å². The molecule has 0 saturated carbocycles. The Hall–Kier alpha value is -2.04. The monoisotopic (exact) mass is 290 g/mol. The van der Waals surface area contributed by atoms with Crippen LogP contribution in [0.15, 0.2) is 24.3 Å². The van der Waals surface area contributed by atoms with Crippen LogP contribution >= 0.6 is 0 Å². The topological polar surface area (TPSA) is 69.6 Å². The molecule has 2 N–H and O–H groups in total. The maximum atomic E-state index is 12.6. The predicted molar refractivity (Wildman–Crippen MR) is 79.6 cm³/mol. The summed E-state index contributed by atoms with van der Waals surface area (Å²) in [5.74, 6) is 0.0629. The van der Waals surface area contributed by atoms with Crippen LogP contribution < -0.4 is 5.32 Å². The third-order valence-electron chi connectivity index (χ3n) is 3.77. The van der Waals surface area contributed by atoms with Gasteiger partial charge in [0, 0.05) is 19.0 Å². The Bertz CT molecular complexity index is 530. The van der Waals surface area contributed by atoms with Gasteiger partial charge in [0.1, 0.15) is 11.8 Å². The van der Waals surface area contributed by atoms with E-state index in [-0.39, 0.29) is 23.6 Å². The second-order valence-corrected chi connectivity index (χ2v) is 5.60. The van der Waals surface area contributed by atoms with Crippen LogP contribution in [0.3, 0.4) is 0 Å². The molecule has 2 rings (SSSR count). The lowest BCUT2D eigenvalue weighted by Crippen LogP contribution is -2.45. The minimum Gasteiger partial charge on any atom is -0.508 e. The van der Waals surface area contributed by atoms with E-state index in [0.717, 1.165) is 12.0 Å². The van der Waals surface area contributed by atoms with Gasteiger partial charge in [-0.3, -0.25) is 9.59 Å². The highest BCUT2D eigenvalue weighted by Gasteiger charge is 2.33. The summed E-state index contributed by atoms with van der Waals surface area (Å²) in [4.78, 5) is 26.2. The summed E-state index contributed by atoms with van der Waals surface area (Å²) in [6.07, 6.45) is 1.80. The van der Waals surface area contributed by atoms with E-state index in [1.807, 2.05) is 19.9 Å². The maximum absolute atomic E-state index is 12.6. The van der Waals surface area contributed by atoms with Crippen molar-refractivity contribution in [1.29, 1.82) is 0 Å². The van der Waals surface area contributed by atoms with Crippen molar-refractivity contribution in [3.63, 3.8) is 0 Å². The predicted octanol–water partition coefficient (Wildman–Crippen LogP) is 1.80. The molecule has 5 heteroatoms. The van der Waals surface area contributed by atoms with E-state index < -0.39 is 6.04 Å². The fraction of sp³-hybridized carbons (Fsp3) is 0.500. The zero-order chi connectivity index (χ0) is 15.4. The van der Waals surface area contributed by atoms with Gasteiger partial charge in [0.2, 0.25) is 11.8 Å². The average molecular weight is 290 g/mol. The number of carbonyl (C=O) groups excluding carboxylic acids is 2. The normalized spacial score (nSPS) is 22.9. The number of amides is 2. The van der Waals surface area contributed by atoms with E-state index >= 15 is 0 Å². The first-order valence-electron chi connectivity index (χ1n) is 7.39. The first-order chi connectivity index (χ1) is 10.0. The zero-order valence-corrected chi connectivity index (χ0v) is 12.5. The van der Waals surface area contributed by atoms with Crippen LogP contribution in [0.2, 0.25) is 0 Å². The number of nitrogens with zero attached hydrogens (tertiary/aromatic N) is 1. The summed E-state index contributed by atoms with van der Waals surface area (Å²) in [5, 5.41) is 12.3. The number of nitrogens with one attached hydrogen (secondary N) is 1.